The lowest BCUT2D eigenvalue weighted by Crippen LogP contribution is -2.40. The fraction of sp³-hybridized carbons (Fsp3) is 0.588. The van der Waals surface area contributed by atoms with E-state index in [4.69, 9.17) is 22.7 Å². The van der Waals surface area contributed by atoms with Crippen LogP contribution in [0.1, 0.15) is 41.4 Å². The number of aromatic nitrogens is 1. The van der Waals surface area contributed by atoms with Crippen molar-refractivity contribution in [2.75, 3.05) is 19.7 Å². The highest BCUT2D eigenvalue weighted by molar-refractivity contribution is 7.71. The zero-order chi connectivity index (χ0) is 17.9. The highest BCUT2D eigenvalue weighted by atomic mass is 32.1. The summed E-state index contributed by atoms with van der Waals surface area (Å²) in [5, 5.41) is 0. The normalized spacial score (nSPS) is 18.4. The minimum absolute atomic E-state index is 0.103. The van der Waals surface area contributed by atoms with Gasteiger partial charge in [-0.2, -0.15) is 0 Å². The molecule has 0 aromatic carbocycles. The fourth-order valence-electron chi connectivity index (χ4n) is 3.24. The molecule has 0 unspecified atom stereocenters. The first-order chi connectivity index (χ1) is 11.3. The third kappa shape index (κ3) is 4.02. The summed E-state index contributed by atoms with van der Waals surface area (Å²) in [6.45, 7) is 8.08. The fourth-order valence-corrected chi connectivity index (χ4v) is 3.70. The van der Waals surface area contributed by atoms with Crippen LogP contribution in [-0.4, -0.2) is 41.0 Å². The zero-order valence-corrected chi connectivity index (χ0v) is 15.3. The quantitative estimate of drug-likeness (QED) is 0.650. The van der Waals surface area contributed by atoms with Gasteiger partial charge in [-0.25, -0.2) is 0 Å². The van der Waals surface area contributed by atoms with Gasteiger partial charge < -0.3 is 15.0 Å². The predicted molar refractivity (Wildman–Crippen MR) is 94.2 cm³/mol. The van der Waals surface area contributed by atoms with Crippen molar-refractivity contribution < 1.29 is 14.3 Å². The summed E-state index contributed by atoms with van der Waals surface area (Å²) in [6.07, 6.45) is 1.78. The van der Waals surface area contributed by atoms with Gasteiger partial charge in [-0.3, -0.25) is 14.5 Å². The van der Waals surface area contributed by atoms with Gasteiger partial charge in [0.2, 0.25) is 0 Å². The Labute approximate surface area is 147 Å². The molecular formula is C17H25N3O3S. The van der Waals surface area contributed by atoms with Crippen LogP contribution < -0.4 is 5.73 Å². The smallest absolute Gasteiger partial charge is 0.310 e. The molecule has 0 aliphatic carbocycles. The molecule has 2 heterocycles. The van der Waals surface area contributed by atoms with Gasteiger partial charge in [-0.1, -0.05) is 12.2 Å². The first-order valence-electron chi connectivity index (χ1n) is 8.25. The van der Waals surface area contributed by atoms with Crippen LogP contribution in [0.5, 0.6) is 0 Å². The molecule has 1 aromatic heterocycles. The van der Waals surface area contributed by atoms with Crippen molar-refractivity contribution in [3.8, 4) is 0 Å². The number of esters is 1. The van der Waals surface area contributed by atoms with E-state index in [0.717, 1.165) is 30.6 Å². The maximum absolute atomic E-state index is 12.0. The molecule has 132 valence electrons. The van der Waals surface area contributed by atoms with Crippen LogP contribution in [0.25, 0.3) is 0 Å². The van der Waals surface area contributed by atoms with Gasteiger partial charge in [-0.05, 0) is 51.8 Å². The molecule has 1 fully saturated rings. The summed E-state index contributed by atoms with van der Waals surface area (Å²) in [6, 6.07) is 1.92. The number of likely N-dealkylation sites (tertiary alicyclic amines) is 1. The van der Waals surface area contributed by atoms with Gasteiger partial charge >= 0.3 is 5.97 Å². The molecule has 1 atom stereocenters. The van der Waals surface area contributed by atoms with E-state index >= 15 is 0 Å². The standard InChI is InChI=1S/C17H25N3O3S/c1-4-23-17(22)13-6-5-7-19(9-13)10-20-12(3)8-11(2)14(15(18)21)16(20)24/h8,13H,4-7,9-10H2,1-3H3,(H2,18,21)/t13-/m0/s1. The Kier molecular flexibility index (Phi) is 6.12. The van der Waals surface area contributed by atoms with Crippen molar-refractivity contribution in [2.45, 2.75) is 40.3 Å². The van der Waals surface area contributed by atoms with E-state index in [-0.39, 0.29) is 11.9 Å². The molecule has 7 heteroatoms. The zero-order valence-electron chi connectivity index (χ0n) is 14.5. The number of piperidine rings is 1. The van der Waals surface area contributed by atoms with Crippen LogP contribution in [0.4, 0.5) is 0 Å². The number of primary amides is 1. The van der Waals surface area contributed by atoms with Crippen LogP contribution in [0.2, 0.25) is 0 Å². The van der Waals surface area contributed by atoms with Gasteiger partial charge in [-0.15, -0.1) is 0 Å². The number of carbonyl (C=O) groups excluding carboxylic acids is 2. The maximum Gasteiger partial charge on any atom is 0.310 e. The highest BCUT2D eigenvalue weighted by Gasteiger charge is 2.27. The van der Waals surface area contributed by atoms with Crippen LogP contribution >= 0.6 is 12.2 Å². The Morgan fingerprint density at radius 2 is 2.12 bits per heavy atom. The molecule has 0 saturated carbocycles. The number of nitrogens with two attached hydrogens (primary N) is 1. The molecule has 1 aliphatic heterocycles. The predicted octanol–water partition coefficient (Wildman–Crippen LogP) is 2.17. The lowest BCUT2D eigenvalue weighted by Gasteiger charge is -2.32. The van der Waals surface area contributed by atoms with Crippen molar-refractivity contribution in [3.05, 3.63) is 27.5 Å². The van der Waals surface area contributed by atoms with Gasteiger partial charge in [0.25, 0.3) is 5.91 Å². The maximum atomic E-state index is 12.0. The van der Waals surface area contributed by atoms with Crippen molar-refractivity contribution in [3.63, 3.8) is 0 Å². The Balaban J connectivity index is 2.22. The number of ether oxygens (including phenoxy) is 1. The summed E-state index contributed by atoms with van der Waals surface area (Å²) in [5.74, 6) is -0.743. The summed E-state index contributed by atoms with van der Waals surface area (Å²) in [5.41, 5.74) is 7.64. The minimum atomic E-state index is -0.505. The third-order valence-electron chi connectivity index (χ3n) is 4.42. The number of nitrogens with zero attached hydrogens (tertiary/aromatic N) is 2. The van der Waals surface area contributed by atoms with E-state index in [9.17, 15) is 9.59 Å². The minimum Gasteiger partial charge on any atom is -0.466 e. The van der Waals surface area contributed by atoms with Gasteiger partial charge in [0.1, 0.15) is 4.64 Å². The van der Waals surface area contributed by atoms with Crippen molar-refractivity contribution >= 4 is 24.1 Å². The average molecular weight is 351 g/mol. The number of pyridine rings is 1. The molecule has 1 saturated heterocycles. The van der Waals surface area contributed by atoms with Crippen LogP contribution in [-0.2, 0) is 16.2 Å². The number of hydrogen-bond donors (Lipinski definition) is 1. The van der Waals surface area contributed by atoms with E-state index in [1.165, 1.54) is 0 Å². The lowest BCUT2D eigenvalue weighted by atomic mass is 9.98. The van der Waals surface area contributed by atoms with Crippen molar-refractivity contribution in [2.24, 2.45) is 11.7 Å². The number of amides is 1. The monoisotopic (exact) mass is 351 g/mol. The lowest BCUT2D eigenvalue weighted by molar-refractivity contribution is -0.150. The number of aryl methyl sites for hydroxylation is 2. The molecule has 2 rings (SSSR count). The van der Waals surface area contributed by atoms with Crippen LogP contribution in [0.3, 0.4) is 0 Å². The second-order valence-corrected chi connectivity index (χ2v) is 6.64. The van der Waals surface area contributed by atoms with Crippen LogP contribution in [0, 0.1) is 24.4 Å². The number of hydrogen-bond acceptors (Lipinski definition) is 5. The SMILES string of the molecule is CCOC(=O)[C@H]1CCCN(Cn2c(C)cc(C)c(C(N)=O)c2=S)C1. The third-order valence-corrected chi connectivity index (χ3v) is 4.84. The molecule has 1 aliphatic rings. The van der Waals surface area contributed by atoms with Gasteiger partial charge in [0.15, 0.2) is 0 Å². The molecule has 2 N–H and O–H groups in total. The number of carbonyl (C=O) groups is 2. The molecule has 0 spiro atoms. The first kappa shape index (κ1) is 18.6. The topological polar surface area (TPSA) is 77.6 Å². The Morgan fingerprint density at radius 1 is 1.42 bits per heavy atom. The Bertz CT molecular complexity index is 699. The summed E-state index contributed by atoms with van der Waals surface area (Å²) >= 11 is 5.48. The van der Waals surface area contributed by atoms with E-state index < -0.39 is 5.91 Å². The molecule has 1 amide bonds. The molecule has 24 heavy (non-hydrogen) atoms. The summed E-state index contributed by atoms with van der Waals surface area (Å²) in [7, 11) is 0. The van der Waals surface area contributed by atoms with E-state index in [0.29, 0.717) is 30.0 Å². The Morgan fingerprint density at radius 3 is 2.75 bits per heavy atom. The summed E-state index contributed by atoms with van der Waals surface area (Å²) < 4.78 is 7.51. The van der Waals surface area contributed by atoms with E-state index in [1.807, 2.05) is 31.4 Å². The molecule has 1 aromatic rings. The average Bonchev–Trinajstić information content (AvgIpc) is 2.51. The van der Waals surface area contributed by atoms with E-state index in [2.05, 4.69) is 4.90 Å². The molecular weight excluding hydrogens is 326 g/mol. The van der Waals surface area contributed by atoms with Crippen LogP contribution in [0.15, 0.2) is 6.07 Å². The second kappa shape index (κ2) is 7.90. The second-order valence-electron chi connectivity index (χ2n) is 6.25. The van der Waals surface area contributed by atoms with Gasteiger partial charge in [0, 0.05) is 12.2 Å². The number of rotatable bonds is 5. The first-order valence-corrected chi connectivity index (χ1v) is 8.65. The molecule has 0 radical (unpaired) electrons. The largest absolute Gasteiger partial charge is 0.466 e. The molecule has 6 nitrogen and oxygen atoms in total. The van der Waals surface area contributed by atoms with Crippen molar-refractivity contribution in [1.29, 1.82) is 0 Å². The van der Waals surface area contributed by atoms with Gasteiger partial charge in [0.05, 0.1) is 24.8 Å². The summed E-state index contributed by atoms with van der Waals surface area (Å²) in [4.78, 5) is 25.8. The Hall–Kier alpha value is -1.73. The van der Waals surface area contributed by atoms with E-state index in [1.54, 1.807) is 0 Å². The highest BCUT2D eigenvalue weighted by Crippen LogP contribution is 2.20. The molecule has 0 bridgehead atoms. The van der Waals surface area contributed by atoms with Crippen molar-refractivity contribution in [1.82, 2.24) is 9.47 Å².